The first-order valence-electron chi connectivity index (χ1n) is 9.14. The number of carbonyl (C=O) groups excluding carboxylic acids is 2. The van der Waals surface area contributed by atoms with Crippen LogP contribution in [0.2, 0.25) is 0 Å². The minimum Gasteiger partial charge on any atom is -0.456 e. The Hall–Kier alpha value is -1.98. The summed E-state index contributed by atoms with van der Waals surface area (Å²) in [6, 6.07) is 3.68. The summed E-state index contributed by atoms with van der Waals surface area (Å²) in [5.41, 5.74) is -0.504. The average Bonchev–Trinajstić information content (AvgIpc) is 3.21. The highest BCUT2D eigenvalue weighted by Crippen LogP contribution is 2.38. The minimum absolute atomic E-state index is 0.0508. The van der Waals surface area contributed by atoms with E-state index >= 15 is 0 Å². The Kier molecular flexibility index (Phi) is 4.80. The second-order valence-corrected chi connectivity index (χ2v) is 8.08. The molecule has 138 valence electrons. The van der Waals surface area contributed by atoms with Gasteiger partial charge in [0.25, 0.3) is 5.91 Å². The molecule has 0 spiro atoms. The van der Waals surface area contributed by atoms with E-state index in [0.29, 0.717) is 18.2 Å². The van der Waals surface area contributed by atoms with Gasteiger partial charge in [0.15, 0.2) is 5.76 Å². The number of furan rings is 1. The standard InChI is InChI=1S/C19H28N2O4/c1-5-13-7-9-16(24-13)17(22)21-10-12-6-8-15(14(12)11-21)20-18(23)25-19(2,3)4/h7,9,12,14-15H,5-6,8,10-11H2,1-4H3,(H,20,23)/t12-,14+,15+/m0/s1. The van der Waals surface area contributed by atoms with Crippen molar-refractivity contribution >= 4 is 12.0 Å². The van der Waals surface area contributed by atoms with E-state index in [1.165, 1.54) is 0 Å². The van der Waals surface area contributed by atoms with E-state index < -0.39 is 5.60 Å². The van der Waals surface area contributed by atoms with Crippen LogP contribution in [0.4, 0.5) is 4.79 Å². The highest BCUT2D eigenvalue weighted by Gasteiger charge is 2.45. The van der Waals surface area contributed by atoms with Crippen molar-refractivity contribution < 1.29 is 18.7 Å². The number of rotatable bonds is 3. The third kappa shape index (κ3) is 3.99. The predicted octanol–water partition coefficient (Wildman–Crippen LogP) is 3.22. The number of nitrogens with zero attached hydrogens (tertiary/aromatic N) is 1. The summed E-state index contributed by atoms with van der Waals surface area (Å²) in [6.07, 6.45) is 2.37. The molecule has 25 heavy (non-hydrogen) atoms. The number of amides is 2. The number of fused-ring (bicyclic) bond motifs is 1. The lowest BCUT2D eigenvalue weighted by atomic mass is 9.98. The number of hydrogen-bond donors (Lipinski definition) is 1. The largest absolute Gasteiger partial charge is 0.456 e. The van der Waals surface area contributed by atoms with E-state index in [1.54, 1.807) is 6.07 Å². The highest BCUT2D eigenvalue weighted by atomic mass is 16.6. The van der Waals surface area contributed by atoms with Gasteiger partial charge in [-0.3, -0.25) is 4.79 Å². The number of nitrogens with one attached hydrogen (secondary N) is 1. The quantitative estimate of drug-likeness (QED) is 0.910. The molecule has 0 bridgehead atoms. The van der Waals surface area contributed by atoms with Crippen molar-refractivity contribution in [2.24, 2.45) is 11.8 Å². The van der Waals surface area contributed by atoms with Gasteiger partial charge in [0, 0.05) is 31.5 Å². The van der Waals surface area contributed by atoms with Crippen LogP contribution >= 0.6 is 0 Å². The van der Waals surface area contributed by atoms with E-state index in [1.807, 2.05) is 38.7 Å². The lowest BCUT2D eigenvalue weighted by Crippen LogP contribution is -2.42. The maximum atomic E-state index is 12.6. The Morgan fingerprint density at radius 3 is 2.68 bits per heavy atom. The molecule has 1 aliphatic heterocycles. The first-order valence-corrected chi connectivity index (χ1v) is 9.14. The zero-order valence-electron chi connectivity index (χ0n) is 15.5. The van der Waals surface area contributed by atoms with Crippen molar-refractivity contribution in [2.75, 3.05) is 13.1 Å². The molecule has 1 aromatic rings. The third-order valence-corrected chi connectivity index (χ3v) is 5.07. The van der Waals surface area contributed by atoms with Crippen LogP contribution in [-0.2, 0) is 11.2 Å². The molecule has 6 heteroatoms. The van der Waals surface area contributed by atoms with E-state index in [-0.39, 0.29) is 24.0 Å². The first kappa shape index (κ1) is 17.8. The summed E-state index contributed by atoms with van der Waals surface area (Å²) in [5.74, 6) is 1.91. The number of alkyl carbamates (subject to hydrolysis) is 1. The number of likely N-dealkylation sites (tertiary alicyclic amines) is 1. The predicted molar refractivity (Wildman–Crippen MR) is 93.4 cm³/mol. The summed E-state index contributed by atoms with van der Waals surface area (Å²) in [4.78, 5) is 26.5. The molecule has 2 aliphatic rings. The SMILES string of the molecule is CCc1ccc(C(=O)N2C[C@@H]3CC[C@@H](NC(=O)OC(C)(C)C)[C@@H]3C2)o1. The second-order valence-electron chi connectivity index (χ2n) is 8.08. The highest BCUT2D eigenvalue weighted by molar-refractivity contribution is 5.91. The van der Waals surface area contributed by atoms with Gasteiger partial charge in [-0.25, -0.2) is 4.79 Å². The Bertz CT molecular complexity index is 646. The fourth-order valence-electron chi connectivity index (χ4n) is 3.91. The van der Waals surface area contributed by atoms with Crippen LogP contribution in [0.1, 0.15) is 56.9 Å². The Labute approximate surface area is 148 Å². The van der Waals surface area contributed by atoms with Crippen LogP contribution in [0.25, 0.3) is 0 Å². The molecule has 3 rings (SSSR count). The molecule has 2 fully saturated rings. The molecule has 0 aromatic carbocycles. The number of hydrogen-bond acceptors (Lipinski definition) is 4. The van der Waals surface area contributed by atoms with Gasteiger partial charge in [0.05, 0.1) is 0 Å². The van der Waals surface area contributed by atoms with Crippen molar-refractivity contribution in [1.29, 1.82) is 0 Å². The van der Waals surface area contributed by atoms with Gasteiger partial charge in [-0.2, -0.15) is 0 Å². The van der Waals surface area contributed by atoms with E-state index in [9.17, 15) is 9.59 Å². The molecule has 1 saturated heterocycles. The van der Waals surface area contributed by atoms with Gasteiger partial charge < -0.3 is 19.4 Å². The summed E-state index contributed by atoms with van der Waals surface area (Å²) in [7, 11) is 0. The maximum absolute atomic E-state index is 12.6. The molecule has 3 atom stereocenters. The number of carbonyl (C=O) groups is 2. The van der Waals surface area contributed by atoms with Crippen LogP contribution in [0, 0.1) is 11.8 Å². The van der Waals surface area contributed by atoms with Gasteiger partial charge in [-0.05, 0) is 51.7 Å². The van der Waals surface area contributed by atoms with Crippen molar-refractivity contribution in [3.05, 3.63) is 23.7 Å². The van der Waals surface area contributed by atoms with Gasteiger partial charge in [0.2, 0.25) is 0 Å². The van der Waals surface area contributed by atoms with Crippen molar-refractivity contribution in [1.82, 2.24) is 10.2 Å². The molecular formula is C19H28N2O4. The van der Waals surface area contributed by atoms with Crippen LogP contribution in [0.3, 0.4) is 0 Å². The molecule has 6 nitrogen and oxygen atoms in total. The van der Waals surface area contributed by atoms with Gasteiger partial charge in [0.1, 0.15) is 11.4 Å². The Balaban J connectivity index is 1.59. The third-order valence-electron chi connectivity index (χ3n) is 5.07. The average molecular weight is 348 g/mol. The van der Waals surface area contributed by atoms with Crippen molar-refractivity contribution in [2.45, 2.75) is 58.6 Å². The van der Waals surface area contributed by atoms with Crippen LogP contribution < -0.4 is 5.32 Å². The summed E-state index contributed by atoms with van der Waals surface area (Å²) in [6.45, 7) is 8.96. The van der Waals surface area contributed by atoms with Gasteiger partial charge >= 0.3 is 6.09 Å². The lowest BCUT2D eigenvalue weighted by molar-refractivity contribution is 0.0491. The van der Waals surface area contributed by atoms with Gasteiger partial charge in [-0.1, -0.05) is 6.92 Å². The monoisotopic (exact) mass is 348 g/mol. The summed E-state index contributed by atoms with van der Waals surface area (Å²) in [5, 5.41) is 3.00. The summed E-state index contributed by atoms with van der Waals surface area (Å²) >= 11 is 0. The fraction of sp³-hybridized carbons (Fsp3) is 0.684. The molecule has 2 heterocycles. The zero-order chi connectivity index (χ0) is 18.2. The molecule has 1 N–H and O–H groups in total. The fourth-order valence-corrected chi connectivity index (χ4v) is 3.91. The molecule has 0 radical (unpaired) electrons. The Morgan fingerprint density at radius 2 is 2.04 bits per heavy atom. The smallest absolute Gasteiger partial charge is 0.407 e. The molecule has 1 aliphatic carbocycles. The summed E-state index contributed by atoms with van der Waals surface area (Å²) < 4.78 is 11.0. The normalized spacial score (nSPS) is 25.8. The van der Waals surface area contributed by atoms with Crippen molar-refractivity contribution in [3.63, 3.8) is 0 Å². The Morgan fingerprint density at radius 1 is 1.28 bits per heavy atom. The van der Waals surface area contributed by atoms with Crippen molar-refractivity contribution in [3.8, 4) is 0 Å². The molecule has 1 aromatic heterocycles. The van der Waals surface area contributed by atoms with Crippen LogP contribution in [-0.4, -0.2) is 41.6 Å². The molecule has 1 saturated carbocycles. The van der Waals surface area contributed by atoms with E-state index in [4.69, 9.17) is 9.15 Å². The van der Waals surface area contributed by atoms with E-state index in [0.717, 1.165) is 31.6 Å². The lowest BCUT2D eigenvalue weighted by Gasteiger charge is -2.24. The minimum atomic E-state index is -0.504. The second kappa shape index (κ2) is 6.73. The molecule has 0 unspecified atom stereocenters. The zero-order valence-corrected chi connectivity index (χ0v) is 15.5. The number of ether oxygens (including phenoxy) is 1. The first-order chi connectivity index (χ1) is 11.8. The van der Waals surface area contributed by atoms with Gasteiger partial charge in [-0.15, -0.1) is 0 Å². The van der Waals surface area contributed by atoms with E-state index in [2.05, 4.69) is 5.32 Å². The van der Waals surface area contributed by atoms with Crippen LogP contribution in [0.15, 0.2) is 16.5 Å². The van der Waals surface area contributed by atoms with Crippen LogP contribution in [0.5, 0.6) is 0 Å². The maximum Gasteiger partial charge on any atom is 0.407 e. The molecule has 2 amide bonds. The molecular weight excluding hydrogens is 320 g/mol. The topological polar surface area (TPSA) is 71.8 Å². The number of aryl methyl sites for hydroxylation is 1.